The molecule has 0 aliphatic heterocycles. The van der Waals surface area contributed by atoms with Crippen molar-refractivity contribution in [3.8, 4) is 0 Å². The molecule has 0 rings (SSSR count). The van der Waals surface area contributed by atoms with Gasteiger partial charge in [-0.2, -0.15) is 0 Å². The molecule has 0 saturated heterocycles. The number of carbonyl (C=O) groups excluding carboxylic acids is 3. The number of hydrogen-bond acceptors (Lipinski definition) is 8. The zero-order chi connectivity index (χ0) is 44.2. The van der Waals surface area contributed by atoms with Gasteiger partial charge in [0.1, 0.15) is 13.2 Å². The lowest BCUT2D eigenvalue weighted by molar-refractivity contribution is -0.870. The molecule has 2 unspecified atom stereocenters. The summed E-state index contributed by atoms with van der Waals surface area (Å²) >= 11 is 0. The van der Waals surface area contributed by atoms with Crippen molar-refractivity contribution in [2.45, 2.75) is 200 Å². The molecule has 0 aromatic carbocycles. The number of carboxylic acid groups (broad SMARTS) is 1. The fourth-order valence-electron chi connectivity index (χ4n) is 6.29. The summed E-state index contributed by atoms with van der Waals surface area (Å²) in [5.74, 6) is -2.30. The number of ether oxygens (including phenoxy) is 4. The summed E-state index contributed by atoms with van der Waals surface area (Å²) in [5, 5.41) is 11.7. The molecule has 60 heavy (non-hydrogen) atoms. The summed E-state index contributed by atoms with van der Waals surface area (Å²) in [7, 11) is 5.90. The van der Waals surface area contributed by atoms with E-state index in [1.54, 1.807) is 0 Å². The lowest BCUT2D eigenvalue weighted by Gasteiger charge is -2.26. The van der Waals surface area contributed by atoms with Gasteiger partial charge in [0, 0.05) is 12.8 Å². The van der Waals surface area contributed by atoms with Crippen LogP contribution in [0.4, 0.5) is 0 Å². The van der Waals surface area contributed by atoms with E-state index >= 15 is 0 Å². The molecule has 0 aliphatic carbocycles. The van der Waals surface area contributed by atoms with Crippen LogP contribution in [0.2, 0.25) is 0 Å². The molecule has 0 bridgehead atoms. The van der Waals surface area contributed by atoms with Crippen LogP contribution >= 0.6 is 0 Å². The van der Waals surface area contributed by atoms with Crippen molar-refractivity contribution >= 4 is 17.9 Å². The molecule has 0 amide bonds. The van der Waals surface area contributed by atoms with Crippen molar-refractivity contribution in [3.63, 3.8) is 0 Å². The third kappa shape index (κ3) is 43.1. The van der Waals surface area contributed by atoms with Crippen LogP contribution in [0.5, 0.6) is 0 Å². The third-order valence-electron chi connectivity index (χ3n) is 9.98. The number of likely N-dealkylation sites (N-methyl/N-ethyl adjacent to an activating group) is 1. The number of carboxylic acids is 1. The van der Waals surface area contributed by atoms with E-state index < -0.39 is 24.3 Å². The summed E-state index contributed by atoms with van der Waals surface area (Å²) in [6.07, 6.45) is 48.4. The van der Waals surface area contributed by atoms with Crippen molar-refractivity contribution in [3.05, 3.63) is 60.8 Å². The molecule has 0 radical (unpaired) electrons. The summed E-state index contributed by atoms with van der Waals surface area (Å²) in [5.41, 5.74) is 0. The minimum absolute atomic E-state index is 0.144. The Bertz CT molecular complexity index is 1170. The van der Waals surface area contributed by atoms with E-state index in [9.17, 15) is 19.5 Å². The van der Waals surface area contributed by atoms with Crippen molar-refractivity contribution in [1.29, 1.82) is 0 Å². The van der Waals surface area contributed by atoms with Crippen LogP contribution in [0.25, 0.3) is 0 Å². The number of carbonyl (C=O) groups is 3. The summed E-state index contributed by atoms with van der Waals surface area (Å²) in [4.78, 5) is 37.0. The van der Waals surface area contributed by atoms with Gasteiger partial charge in [0.2, 0.25) is 0 Å². The molecule has 0 saturated carbocycles. The van der Waals surface area contributed by atoms with Gasteiger partial charge in [0.15, 0.2) is 12.4 Å². The highest BCUT2D eigenvalue weighted by Gasteiger charge is 2.21. The van der Waals surface area contributed by atoms with E-state index in [-0.39, 0.29) is 38.6 Å². The highest BCUT2D eigenvalue weighted by molar-refractivity contribution is 5.70. The molecule has 0 fully saturated rings. The maximum Gasteiger partial charge on any atom is 0.306 e. The summed E-state index contributed by atoms with van der Waals surface area (Å²) in [6.45, 7) is 4.54. The highest BCUT2D eigenvalue weighted by Crippen LogP contribution is 2.15. The summed E-state index contributed by atoms with van der Waals surface area (Å²) < 4.78 is 22.5. The minimum atomic E-state index is -1.62. The van der Waals surface area contributed by atoms with Crippen LogP contribution in [-0.4, -0.2) is 82.3 Å². The predicted octanol–water partition coefficient (Wildman–Crippen LogP) is 11.6. The number of unbranched alkanes of at least 4 members (excludes halogenated alkanes) is 18. The molecule has 2 atom stereocenters. The van der Waals surface area contributed by atoms with Crippen molar-refractivity contribution < 1.29 is 42.9 Å². The number of allylic oxidation sites excluding steroid dienone is 10. The first-order chi connectivity index (χ1) is 29.1. The van der Waals surface area contributed by atoms with Gasteiger partial charge in [-0.25, -0.2) is 0 Å². The fourth-order valence-corrected chi connectivity index (χ4v) is 6.29. The van der Waals surface area contributed by atoms with Gasteiger partial charge < -0.3 is 33.3 Å². The first-order valence-corrected chi connectivity index (χ1v) is 23.9. The third-order valence-corrected chi connectivity index (χ3v) is 9.98. The first kappa shape index (κ1) is 57.0. The van der Waals surface area contributed by atoms with Crippen LogP contribution in [-0.2, 0) is 33.3 Å². The van der Waals surface area contributed by atoms with Crippen LogP contribution < -0.4 is 5.11 Å². The molecule has 346 valence electrons. The number of rotatable bonds is 43. The fraction of sp³-hybridized carbons (Fsp3) is 0.745. The van der Waals surface area contributed by atoms with E-state index in [0.717, 1.165) is 89.9 Å². The van der Waals surface area contributed by atoms with Crippen LogP contribution in [0, 0.1) is 0 Å². The second-order valence-electron chi connectivity index (χ2n) is 17.0. The molecule has 0 N–H and O–H groups in total. The number of quaternary nitrogens is 1. The van der Waals surface area contributed by atoms with Gasteiger partial charge in [0.25, 0.3) is 0 Å². The lowest BCUT2D eigenvalue weighted by Crippen LogP contribution is -2.44. The molecule has 9 heteroatoms. The Morgan fingerprint density at radius 2 is 0.950 bits per heavy atom. The molecular weight excluding hydrogens is 755 g/mol. The molecule has 0 heterocycles. The minimum Gasteiger partial charge on any atom is -0.545 e. The number of nitrogens with zero attached hydrogens (tertiary/aromatic N) is 1. The van der Waals surface area contributed by atoms with Gasteiger partial charge in [-0.15, -0.1) is 0 Å². The first-order valence-electron chi connectivity index (χ1n) is 23.9. The number of hydrogen-bond donors (Lipinski definition) is 0. The molecule has 9 nitrogen and oxygen atoms in total. The van der Waals surface area contributed by atoms with Gasteiger partial charge in [0.05, 0.1) is 40.3 Å². The van der Waals surface area contributed by atoms with Crippen molar-refractivity contribution in [2.24, 2.45) is 0 Å². The van der Waals surface area contributed by atoms with E-state index in [1.807, 2.05) is 21.1 Å². The van der Waals surface area contributed by atoms with Crippen LogP contribution in [0.1, 0.15) is 187 Å². The molecule has 0 aliphatic rings. The number of esters is 2. The zero-order valence-corrected chi connectivity index (χ0v) is 39.1. The van der Waals surface area contributed by atoms with Gasteiger partial charge in [-0.3, -0.25) is 9.59 Å². The normalized spacial score (nSPS) is 13.4. The smallest absolute Gasteiger partial charge is 0.306 e. The van der Waals surface area contributed by atoms with E-state index in [0.29, 0.717) is 17.4 Å². The van der Waals surface area contributed by atoms with E-state index in [4.69, 9.17) is 18.9 Å². The summed E-state index contributed by atoms with van der Waals surface area (Å²) in [6, 6.07) is 0. The Hall–Kier alpha value is -3.01. The molecule has 0 aromatic heterocycles. The van der Waals surface area contributed by atoms with E-state index in [2.05, 4.69) is 74.6 Å². The van der Waals surface area contributed by atoms with Crippen LogP contribution in [0.3, 0.4) is 0 Å². The lowest BCUT2D eigenvalue weighted by atomic mass is 10.0. The Labute approximate surface area is 367 Å². The van der Waals surface area contributed by atoms with Crippen molar-refractivity contribution in [1.82, 2.24) is 0 Å². The maximum absolute atomic E-state index is 12.8. The van der Waals surface area contributed by atoms with Gasteiger partial charge in [-0.1, -0.05) is 164 Å². The number of aliphatic carboxylic acids is 1. The largest absolute Gasteiger partial charge is 0.545 e. The van der Waals surface area contributed by atoms with Crippen molar-refractivity contribution in [2.75, 3.05) is 47.5 Å². The van der Waals surface area contributed by atoms with Gasteiger partial charge in [-0.05, 0) is 70.6 Å². The average Bonchev–Trinajstić information content (AvgIpc) is 3.21. The molecule has 0 aromatic rings. The topological polar surface area (TPSA) is 111 Å². The predicted molar refractivity (Wildman–Crippen MR) is 246 cm³/mol. The zero-order valence-electron chi connectivity index (χ0n) is 39.1. The van der Waals surface area contributed by atoms with E-state index in [1.165, 1.54) is 64.2 Å². The average molecular weight is 844 g/mol. The molecular formula is C51H89NO8. The Kier molecular flexibility index (Phi) is 40.5. The second-order valence-corrected chi connectivity index (χ2v) is 17.0. The monoisotopic (exact) mass is 844 g/mol. The SMILES string of the molecule is CC/C=C\C/C=C\C/C=C\C/C=C\CCCCCCCCCCCCCCC(=O)OC(COC(=O)CCCCCCC/C=C\CCC)COC(OCC[N+](C)(C)C)C(=O)[O-]. The Morgan fingerprint density at radius 3 is 1.43 bits per heavy atom. The highest BCUT2D eigenvalue weighted by atomic mass is 16.7. The van der Waals surface area contributed by atoms with Gasteiger partial charge >= 0.3 is 11.9 Å². The molecule has 0 spiro atoms. The standard InChI is InChI=1S/C51H89NO8/c1-6-8-10-12-14-16-18-19-20-21-22-23-24-25-26-27-28-29-30-31-32-34-36-38-40-42-49(54)60-47(46-59-51(50(55)56)57-44-43-52(3,4)5)45-58-48(53)41-39-37-35-33-17-15-13-11-9-7-2/h8,10-11,13-14,16,19-20,22-23,47,51H,6-7,9,12,15,17-18,21,24-46H2,1-5H3/b10-8-,13-11-,16-14-,20-19-,23-22-. The second kappa shape index (κ2) is 42.7. The quantitative estimate of drug-likeness (QED) is 0.0196. The maximum atomic E-state index is 12.8. The Morgan fingerprint density at radius 1 is 0.517 bits per heavy atom. The van der Waals surface area contributed by atoms with Crippen LogP contribution in [0.15, 0.2) is 60.8 Å². The Balaban J connectivity index is 4.26.